The van der Waals surface area contributed by atoms with Crippen LogP contribution in [0.2, 0.25) is 0 Å². The van der Waals surface area contributed by atoms with Crippen LogP contribution < -0.4 is 16.0 Å². The number of nitrogen functional groups attached to an aromatic ring is 1. The predicted molar refractivity (Wildman–Crippen MR) is 75.1 cm³/mol. The number of anilines is 1. The molecule has 106 valence electrons. The molecule has 0 saturated carbocycles. The molecule has 1 saturated heterocycles. The van der Waals surface area contributed by atoms with Crippen LogP contribution in [0.25, 0.3) is 0 Å². The van der Waals surface area contributed by atoms with Crippen LogP contribution in [0.5, 0.6) is 0 Å². The molecule has 0 aliphatic carbocycles. The molecule has 0 spiro atoms. The Labute approximate surface area is 116 Å². The standard InChI is InChI=1S/C10H17N5O2S2/c11-15-10-12-6-9(7-13-10)19(16,17)14-5-8-3-1-2-4-18-8/h6-8,14H,1-5,11H2,(H,12,13,15). The van der Waals surface area contributed by atoms with Gasteiger partial charge in [0.15, 0.2) is 0 Å². The molecule has 1 aromatic heterocycles. The minimum Gasteiger partial charge on any atom is -0.292 e. The van der Waals surface area contributed by atoms with Gasteiger partial charge in [-0.15, -0.1) is 0 Å². The van der Waals surface area contributed by atoms with Gasteiger partial charge in [0.25, 0.3) is 0 Å². The van der Waals surface area contributed by atoms with Gasteiger partial charge in [0, 0.05) is 11.8 Å². The van der Waals surface area contributed by atoms with E-state index in [1.54, 1.807) is 0 Å². The van der Waals surface area contributed by atoms with Gasteiger partial charge in [0.1, 0.15) is 4.90 Å². The van der Waals surface area contributed by atoms with Crippen molar-refractivity contribution in [1.29, 1.82) is 0 Å². The van der Waals surface area contributed by atoms with Gasteiger partial charge < -0.3 is 0 Å². The van der Waals surface area contributed by atoms with E-state index in [4.69, 9.17) is 5.84 Å². The zero-order chi connectivity index (χ0) is 13.7. The van der Waals surface area contributed by atoms with Gasteiger partial charge in [-0.2, -0.15) is 11.8 Å². The van der Waals surface area contributed by atoms with Crippen molar-refractivity contribution in [2.45, 2.75) is 29.4 Å². The lowest BCUT2D eigenvalue weighted by molar-refractivity contribution is 0.573. The Morgan fingerprint density at radius 1 is 1.37 bits per heavy atom. The quantitative estimate of drug-likeness (QED) is 0.531. The maximum absolute atomic E-state index is 12.0. The van der Waals surface area contributed by atoms with Crippen LogP contribution in [0.3, 0.4) is 0 Å². The molecule has 0 radical (unpaired) electrons. The second-order valence-corrected chi connectivity index (χ2v) is 7.40. The van der Waals surface area contributed by atoms with Crippen LogP contribution in [0.15, 0.2) is 17.3 Å². The highest BCUT2D eigenvalue weighted by molar-refractivity contribution is 8.00. The van der Waals surface area contributed by atoms with Gasteiger partial charge in [-0.1, -0.05) is 6.42 Å². The van der Waals surface area contributed by atoms with Crippen LogP contribution in [0.1, 0.15) is 19.3 Å². The third kappa shape index (κ3) is 4.03. The van der Waals surface area contributed by atoms with Crippen LogP contribution in [0.4, 0.5) is 5.95 Å². The zero-order valence-corrected chi connectivity index (χ0v) is 12.0. The summed E-state index contributed by atoms with van der Waals surface area (Å²) in [5.74, 6) is 6.41. The van der Waals surface area contributed by atoms with E-state index in [9.17, 15) is 8.42 Å². The number of nitrogens with two attached hydrogens (primary N) is 1. The minimum absolute atomic E-state index is 0.0484. The summed E-state index contributed by atoms with van der Waals surface area (Å²) in [5.41, 5.74) is 2.25. The highest BCUT2D eigenvalue weighted by Gasteiger charge is 2.19. The smallest absolute Gasteiger partial charge is 0.243 e. The Morgan fingerprint density at radius 2 is 2.11 bits per heavy atom. The van der Waals surface area contributed by atoms with Crippen molar-refractivity contribution in [3.63, 3.8) is 0 Å². The van der Waals surface area contributed by atoms with E-state index in [1.165, 1.54) is 25.2 Å². The minimum atomic E-state index is -3.54. The molecule has 1 aliphatic heterocycles. The van der Waals surface area contributed by atoms with Gasteiger partial charge in [-0.05, 0) is 18.6 Å². The molecule has 9 heteroatoms. The molecule has 0 amide bonds. The highest BCUT2D eigenvalue weighted by Crippen LogP contribution is 2.24. The van der Waals surface area contributed by atoms with Crippen molar-refractivity contribution in [1.82, 2.24) is 14.7 Å². The second-order valence-electron chi connectivity index (χ2n) is 4.23. The third-order valence-electron chi connectivity index (χ3n) is 2.84. The SMILES string of the molecule is NNc1ncc(S(=O)(=O)NCC2CCCCS2)cn1. The zero-order valence-electron chi connectivity index (χ0n) is 10.4. The maximum atomic E-state index is 12.0. The number of nitrogens with one attached hydrogen (secondary N) is 2. The van der Waals surface area contributed by atoms with Crippen LogP contribution >= 0.6 is 11.8 Å². The number of aromatic nitrogens is 2. The Balaban J connectivity index is 1.96. The summed E-state index contributed by atoms with van der Waals surface area (Å²) >= 11 is 1.82. The number of hydrogen-bond donors (Lipinski definition) is 3. The lowest BCUT2D eigenvalue weighted by atomic mass is 10.2. The number of hydrogen-bond acceptors (Lipinski definition) is 7. The summed E-state index contributed by atoms with van der Waals surface area (Å²) in [7, 11) is -3.54. The number of rotatable bonds is 5. The summed E-state index contributed by atoms with van der Waals surface area (Å²) in [4.78, 5) is 7.62. The highest BCUT2D eigenvalue weighted by atomic mass is 32.2. The number of hydrazine groups is 1. The van der Waals surface area contributed by atoms with Crippen LogP contribution in [0, 0.1) is 0 Å². The molecule has 1 aromatic rings. The third-order valence-corrected chi connectivity index (χ3v) is 5.62. The molecule has 4 N–H and O–H groups in total. The molecule has 0 bridgehead atoms. The van der Waals surface area contributed by atoms with Gasteiger partial charge in [-0.3, -0.25) is 5.43 Å². The van der Waals surface area contributed by atoms with Crippen molar-refractivity contribution >= 4 is 27.7 Å². The molecule has 7 nitrogen and oxygen atoms in total. The fourth-order valence-corrected chi connectivity index (χ4v) is 4.10. The van der Waals surface area contributed by atoms with Gasteiger partial charge in [-0.25, -0.2) is 29.0 Å². The van der Waals surface area contributed by atoms with Crippen molar-refractivity contribution < 1.29 is 8.42 Å². The Kier molecular flexibility index (Phi) is 4.97. The summed E-state index contributed by atoms with van der Waals surface area (Å²) in [6, 6.07) is 0. The lowest BCUT2D eigenvalue weighted by Crippen LogP contribution is -2.32. The van der Waals surface area contributed by atoms with E-state index in [-0.39, 0.29) is 10.8 Å². The Hall–Kier alpha value is -0.900. The first kappa shape index (κ1) is 14.5. The van der Waals surface area contributed by atoms with Crippen LogP contribution in [-0.2, 0) is 10.0 Å². The Bertz CT molecular complexity index is 499. The molecule has 1 fully saturated rings. The van der Waals surface area contributed by atoms with E-state index in [1.807, 2.05) is 11.8 Å². The van der Waals surface area contributed by atoms with Crippen molar-refractivity contribution in [2.24, 2.45) is 5.84 Å². The largest absolute Gasteiger partial charge is 0.292 e. The fourth-order valence-electron chi connectivity index (χ4n) is 1.78. The monoisotopic (exact) mass is 303 g/mol. The molecule has 0 aromatic carbocycles. The lowest BCUT2D eigenvalue weighted by Gasteiger charge is -2.21. The normalized spacial score (nSPS) is 20.2. The molecule has 1 aliphatic rings. The summed E-state index contributed by atoms with van der Waals surface area (Å²) in [6.07, 6.45) is 5.91. The molecular weight excluding hydrogens is 286 g/mol. The average Bonchev–Trinajstić information content (AvgIpc) is 2.46. The average molecular weight is 303 g/mol. The van der Waals surface area contributed by atoms with Gasteiger partial charge >= 0.3 is 0 Å². The first-order chi connectivity index (χ1) is 9.12. The summed E-state index contributed by atoms with van der Waals surface area (Å²) in [5, 5.41) is 0.356. The first-order valence-corrected chi connectivity index (χ1v) is 8.55. The van der Waals surface area contributed by atoms with Crippen molar-refractivity contribution in [3.05, 3.63) is 12.4 Å². The number of nitrogens with zero attached hydrogens (tertiary/aromatic N) is 2. The molecule has 2 heterocycles. The maximum Gasteiger partial charge on any atom is 0.243 e. The van der Waals surface area contributed by atoms with E-state index >= 15 is 0 Å². The van der Waals surface area contributed by atoms with Crippen molar-refractivity contribution in [3.8, 4) is 0 Å². The summed E-state index contributed by atoms with van der Waals surface area (Å²) < 4.78 is 26.6. The second kappa shape index (κ2) is 6.51. The van der Waals surface area contributed by atoms with Crippen molar-refractivity contribution in [2.75, 3.05) is 17.7 Å². The number of sulfonamides is 1. The van der Waals surface area contributed by atoms with E-state index in [0.717, 1.165) is 12.2 Å². The molecular formula is C10H17N5O2S2. The van der Waals surface area contributed by atoms with E-state index in [0.29, 0.717) is 11.8 Å². The fraction of sp³-hybridized carbons (Fsp3) is 0.600. The predicted octanol–water partition coefficient (Wildman–Crippen LogP) is 0.326. The van der Waals surface area contributed by atoms with Crippen LogP contribution in [-0.4, -0.2) is 35.9 Å². The van der Waals surface area contributed by atoms with E-state index < -0.39 is 10.0 Å². The molecule has 1 unspecified atom stereocenters. The van der Waals surface area contributed by atoms with E-state index in [2.05, 4.69) is 20.1 Å². The number of thioether (sulfide) groups is 1. The summed E-state index contributed by atoms with van der Waals surface area (Å²) in [6.45, 7) is 0.448. The van der Waals surface area contributed by atoms with Gasteiger partial charge in [0.2, 0.25) is 16.0 Å². The van der Waals surface area contributed by atoms with Gasteiger partial charge in [0.05, 0.1) is 12.4 Å². The Morgan fingerprint density at radius 3 is 2.68 bits per heavy atom. The first-order valence-electron chi connectivity index (χ1n) is 6.02. The molecule has 19 heavy (non-hydrogen) atoms. The topological polar surface area (TPSA) is 110 Å². The molecule has 2 rings (SSSR count). The molecule has 1 atom stereocenters.